The van der Waals surface area contributed by atoms with E-state index in [4.69, 9.17) is 4.42 Å². The molecule has 150 valence electrons. The van der Waals surface area contributed by atoms with Crippen molar-refractivity contribution in [2.75, 3.05) is 0 Å². The second kappa shape index (κ2) is 7.69. The lowest BCUT2D eigenvalue weighted by Crippen LogP contribution is -2.46. The normalized spacial score (nSPS) is 11.5. The van der Waals surface area contributed by atoms with Crippen LogP contribution in [0.15, 0.2) is 125 Å². The van der Waals surface area contributed by atoms with E-state index in [0.29, 0.717) is 5.58 Å². The van der Waals surface area contributed by atoms with E-state index in [-0.39, 0.29) is 0 Å². The van der Waals surface area contributed by atoms with Crippen molar-refractivity contribution in [3.05, 3.63) is 143 Å². The first-order valence-corrected chi connectivity index (χ1v) is 10.3. The predicted molar refractivity (Wildman–Crippen MR) is 122 cm³/mol. The monoisotopic (exact) mass is 404 g/mol. The number of hydrogen-bond acceptors (Lipinski definition) is 2. The fourth-order valence-corrected chi connectivity index (χ4v) is 4.28. The average molecular weight is 404 g/mol. The van der Waals surface area contributed by atoms with E-state index < -0.39 is 11.2 Å². The predicted octanol–water partition coefficient (Wildman–Crippen LogP) is 5.42. The van der Waals surface area contributed by atoms with Crippen molar-refractivity contribution in [3.8, 4) is 5.69 Å². The van der Waals surface area contributed by atoms with Crippen molar-refractivity contribution in [3.63, 3.8) is 0 Å². The molecule has 4 aromatic carbocycles. The number of para-hydroxylation sites is 2. The third kappa shape index (κ3) is 3.24. The molecule has 0 bridgehead atoms. The van der Waals surface area contributed by atoms with Gasteiger partial charge in [0.25, 0.3) is 0 Å². The van der Waals surface area contributed by atoms with E-state index in [9.17, 15) is 4.79 Å². The van der Waals surface area contributed by atoms with Gasteiger partial charge in [-0.05, 0) is 24.1 Å². The van der Waals surface area contributed by atoms with Gasteiger partial charge in [0.05, 0.1) is 5.39 Å². The molecule has 0 fully saturated rings. The van der Waals surface area contributed by atoms with E-state index >= 15 is 0 Å². The SMILES string of the molecule is CC(c1ccccc1)(c1ccccc1)c1cccc2c[n+](-c3ccccc3)c(=O)oc12. The molecule has 0 radical (unpaired) electrons. The third-order valence-electron chi connectivity index (χ3n) is 5.98. The Bertz CT molecular complexity index is 1350. The van der Waals surface area contributed by atoms with Crippen molar-refractivity contribution in [1.29, 1.82) is 0 Å². The van der Waals surface area contributed by atoms with Gasteiger partial charge in [0.1, 0.15) is 0 Å². The Morgan fingerprint density at radius 3 is 1.81 bits per heavy atom. The van der Waals surface area contributed by atoms with Gasteiger partial charge < -0.3 is 4.42 Å². The Morgan fingerprint density at radius 1 is 0.677 bits per heavy atom. The standard InChI is InChI=1S/C28H22NO2/c1-28(22-13-5-2-6-14-22,23-15-7-3-8-16-23)25-19-11-12-21-20-29(27(30)31-26(21)25)24-17-9-4-10-18-24/h2-20H,1H3/q+1. The Morgan fingerprint density at radius 2 is 1.23 bits per heavy atom. The zero-order valence-corrected chi connectivity index (χ0v) is 17.2. The molecule has 1 heterocycles. The van der Waals surface area contributed by atoms with Crippen molar-refractivity contribution < 1.29 is 8.98 Å². The minimum Gasteiger partial charge on any atom is -0.371 e. The van der Waals surface area contributed by atoms with Gasteiger partial charge in [-0.2, -0.15) is 4.79 Å². The number of benzene rings is 4. The van der Waals surface area contributed by atoms with Gasteiger partial charge >= 0.3 is 5.76 Å². The van der Waals surface area contributed by atoms with Crippen LogP contribution in [0.25, 0.3) is 16.7 Å². The van der Waals surface area contributed by atoms with E-state index in [2.05, 4.69) is 37.3 Å². The van der Waals surface area contributed by atoms with Gasteiger partial charge in [-0.15, -0.1) is 0 Å². The van der Waals surface area contributed by atoms with Gasteiger partial charge in [0, 0.05) is 23.1 Å². The minimum atomic E-state index is -0.489. The summed E-state index contributed by atoms with van der Waals surface area (Å²) in [5.74, 6) is -0.408. The summed E-state index contributed by atoms with van der Waals surface area (Å²) in [5, 5.41) is 0.874. The van der Waals surface area contributed by atoms with Crippen molar-refractivity contribution in [2.45, 2.75) is 12.3 Å². The summed E-state index contributed by atoms with van der Waals surface area (Å²) in [6, 6.07) is 36.3. The van der Waals surface area contributed by atoms with Crippen molar-refractivity contribution in [1.82, 2.24) is 0 Å². The summed E-state index contributed by atoms with van der Waals surface area (Å²) < 4.78 is 7.52. The summed E-state index contributed by atoms with van der Waals surface area (Å²) in [6.45, 7) is 2.19. The average Bonchev–Trinajstić information content (AvgIpc) is 2.84. The maximum absolute atomic E-state index is 13.0. The van der Waals surface area contributed by atoms with Gasteiger partial charge in [0.15, 0.2) is 11.8 Å². The largest absolute Gasteiger partial charge is 0.608 e. The molecule has 1 aromatic heterocycles. The third-order valence-corrected chi connectivity index (χ3v) is 5.98. The molecule has 31 heavy (non-hydrogen) atoms. The molecule has 3 heteroatoms. The molecule has 0 saturated heterocycles. The fraction of sp³-hybridized carbons (Fsp3) is 0.0714. The minimum absolute atomic E-state index is 0.408. The Labute approximate surface area is 180 Å². The van der Waals surface area contributed by atoms with Crippen LogP contribution in [0.5, 0.6) is 0 Å². The summed E-state index contributed by atoms with van der Waals surface area (Å²) in [7, 11) is 0. The lowest BCUT2D eigenvalue weighted by molar-refractivity contribution is -0.623. The van der Waals surface area contributed by atoms with Crippen LogP contribution in [0.1, 0.15) is 23.6 Å². The van der Waals surface area contributed by atoms with Crippen LogP contribution in [-0.2, 0) is 5.41 Å². The first kappa shape index (κ1) is 19.0. The molecule has 0 unspecified atom stereocenters. The maximum Gasteiger partial charge on any atom is 0.608 e. The Hall–Kier alpha value is -3.98. The molecule has 3 nitrogen and oxygen atoms in total. The number of nitrogens with zero attached hydrogens (tertiary/aromatic N) is 1. The molecule has 0 saturated carbocycles. The second-order valence-corrected chi connectivity index (χ2v) is 7.78. The lowest BCUT2D eigenvalue weighted by atomic mass is 9.70. The first-order chi connectivity index (χ1) is 15.2. The quantitative estimate of drug-likeness (QED) is 0.296. The molecule has 0 N–H and O–H groups in total. The molecule has 0 aliphatic rings. The lowest BCUT2D eigenvalue weighted by Gasteiger charge is -2.32. The molecular weight excluding hydrogens is 382 g/mol. The molecule has 0 atom stereocenters. The van der Waals surface area contributed by atoms with Gasteiger partial charge in [0.2, 0.25) is 5.69 Å². The highest BCUT2D eigenvalue weighted by molar-refractivity contribution is 5.81. The van der Waals surface area contributed by atoms with Crippen LogP contribution in [0, 0.1) is 0 Å². The molecular formula is C28H22NO2+. The number of rotatable bonds is 4. The van der Waals surface area contributed by atoms with Gasteiger partial charge in [-0.25, -0.2) is 0 Å². The highest BCUT2D eigenvalue weighted by Gasteiger charge is 2.34. The molecule has 0 aliphatic heterocycles. The molecule has 0 amide bonds. The number of aromatic nitrogens is 1. The van der Waals surface area contributed by atoms with E-state index in [1.165, 1.54) is 0 Å². The summed E-state index contributed by atoms with van der Waals surface area (Å²) in [6.07, 6.45) is 1.86. The van der Waals surface area contributed by atoms with Crippen molar-refractivity contribution >= 4 is 11.0 Å². The van der Waals surface area contributed by atoms with Crippen LogP contribution >= 0.6 is 0 Å². The van der Waals surface area contributed by atoms with Crippen LogP contribution in [0.4, 0.5) is 0 Å². The highest BCUT2D eigenvalue weighted by atomic mass is 16.4. The second-order valence-electron chi connectivity index (χ2n) is 7.78. The number of fused-ring (bicyclic) bond motifs is 1. The topological polar surface area (TPSA) is 34.1 Å². The Balaban J connectivity index is 1.80. The van der Waals surface area contributed by atoms with Crippen LogP contribution in [-0.4, -0.2) is 0 Å². The van der Waals surface area contributed by atoms with Crippen LogP contribution in [0.3, 0.4) is 0 Å². The number of hydrogen-bond donors (Lipinski definition) is 0. The first-order valence-electron chi connectivity index (χ1n) is 10.3. The summed E-state index contributed by atoms with van der Waals surface area (Å²) in [5.41, 5.74) is 4.12. The molecule has 0 aliphatic carbocycles. The Kier molecular flexibility index (Phi) is 4.72. The van der Waals surface area contributed by atoms with Gasteiger partial charge in [-0.1, -0.05) is 95.6 Å². The van der Waals surface area contributed by atoms with Crippen LogP contribution in [0.2, 0.25) is 0 Å². The molecule has 5 aromatic rings. The van der Waals surface area contributed by atoms with Gasteiger partial charge in [-0.3, -0.25) is 0 Å². The van der Waals surface area contributed by atoms with Crippen molar-refractivity contribution in [2.24, 2.45) is 0 Å². The van der Waals surface area contributed by atoms with Crippen LogP contribution < -0.4 is 10.3 Å². The molecule has 5 rings (SSSR count). The summed E-state index contributed by atoms with van der Waals surface area (Å²) in [4.78, 5) is 13.0. The van der Waals surface area contributed by atoms with E-state index in [0.717, 1.165) is 27.8 Å². The zero-order valence-electron chi connectivity index (χ0n) is 17.2. The molecule has 0 spiro atoms. The fourth-order valence-electron chi connectivity index (χ4n) is 4.28. The van der Waals surface area contributed by atoms with E-state index in [1.807, 2.05) is 85.1 Å². The smallest absolute Gasteiger partial charge is 0.371 e. The zero-order chi connectivity index (χ0) is 21.3. The highest BCUT2D eigenvalue weighted by Crippen LogP contribution is 2.41. The summed E-state index contributed by atoms with van der Waals surface area (Å²) >= 11 is 0. The van der Waals surface area contributed by atoms with E-state index in [1.54, 1.807) is 4.57 Å². The maximum atomic E-state index is 13.0.